The van der Waals surface area contributed by atoms with Gasteiger partial charge in [0.2, 0.25) is 11.9 Å². The number of aromatic nitrogens is 2. The average Bonchev–Trinajstić information content (AvgIpc) is 3.26. The molecule has 6 nitrogen and oxygen atoms in total. The summed E-state index contributed by atoms with van der Waals surface area (Å²) in [6, 6.07) is 7.56. The number of aliphatic hydroxyl groups is 1. The Balaban J connectivity index is 1.64. The maximum Gasteiger partial charge on any atom is 0.235 e. The Morgan fingerprint density at radius 3 is 2.76 bits per heavy atom. The van der Waals surface area contributed by atoms with Crippen molar-refractivity contribution in [3.05, 3.63) is 47.1 Å². The van der Waals surface area contributed by atoms with Crippen LogP contribution in [0.5, 0.6) is 0 Å². The number of aliphatic hydroxyl groups excluding tert-OH is 1. The molecule has 3 unspecified atom stereocenters. The van der Waals surface area contributed by atoms with Gasteiger partial charge in [0.15, 0.2) is 5.25 Å². The Morgan fingerprint density at radius 1 is 1.27 bits per heavy atom. The van der Waals surface area contributed by atoms with E-state index < -0.39 is 0 Å². The maximum absolute atomic E-state index is 13.2. The molecule has 2 aromatic rings. The van der Waals surface area contributed by atoms with Crippen molar-refractivity contribution in [2.45, 2.75) is 62.8 Å². The van der Waals surface area contributed by atoms with E-state index in [1.807, 2.05) is 30.5 Å². The molecule has 1 aromatic heterocycles. The Hall–Kier alpha value is -1.80. The number of ether oxygens (including phenoxy) is 1. The third-order valence-electron chi connectivity index (χ3n) is 6.46. The first-order chi connectivity index (χ1) is 16.0. The highest BCUT2D eigenvalue weighted by molar-refractivity contribution is 7.59. The maximum atomic E-state index is 13.2. The van der Waals surface area contributed by atoms with E-state index in [0.717, 1.165) is 55.9 Å². The third-order valence-corrected chi connectivity index (χ3v) is 7.25. The Kier molecular flexibility index (Phi) is 8.17. The highest BCUT2D eigenvalue weighted by Crippen LogP contribution is 2.35. The van der Waals surface area contributed by atoms with Gasteiger partial charge in [-0.25, -0.2) is 4.98 Å². The lowest BCUT2D eigenvalue weighted by atomic mass is 9.88. The van der Waals surface area contributed by atoms with Crippen molar-refractivity contribution in [3.63, 3.8) is 0 Å². The molecule has 0 saturated carbocycles. The number of benzene rings is 1. The number of rotatable bonds is 9. The standard InChI is InChI=1S/C25H32ClN3O3S/c1-2-3-4-11-28-21(18-7-10-22(23(33)14-18)32-13-12-30)15-24(31)29-16-20(27-25(28)29)17-5-8-19(26)9-6-17/h5-6,8-9,14,16,21-23,30,33H,2-4,7,10-13,15H2,1H3/p+1. The van der Waals surface area contributed by atoms with Gasteiger partial charge in [-0.2, -0.15) is 0 Å². The molecule has 3 atom stereocenters. The molecule has 33 heavy (non-hydrogen) atoms. The molecule has 0 spiro atoms. The Bertz CT molecular complexity index is 991. The van der Waals surface area contributed by atoms with Crippen molar-refractivity contribution < 1.29 is 14.6 Å². The number of carbonyl (C=O) groups is 1. The summed E-state index contributed by atoms with van der Waals surface area (Å²) >= 11 is 9.86. The van der Waals surface area contributed by atoms with E-state index in [4.69, 9.17) is 26.4 Å². The summed E-state index contributed by atoms with van der Waals surface area (Å²) in [6.07, 6.45) is 9.57. The van der Waals surface area contributed by atoms with E-state index in [-0.39, 0.29) is 29.9 Å². The molecule has 2 aliphatic rings. The van der Waals surface area contributed by atoms with Gasteiger partial charge in [-0.1, -0.05) is 43.5 Å². The summed E-state index contributed by atoms with van der Waals surface area (Å²) < 4.78 is 7.49. The molecule has 8 heteroatoms. The summed E-state index contributed by atoms with van der Waals surface area (Å²) in [5.41, 5.74) is 2.98. The zero-order chi connectivity index (χ0) is 23.4. The van der Waals surface area contributed by atoms with Gasteiger partial charge in [-0.05, 0) is 55.7 Å². The van der Waals surface area contributed by atoms with Gasteiger partial charge in [-0.3, -0.25) is 9.36 Å². The molecule has 1 aliphatic carbocycles. The van der Waals surface area contributed by atoms with Crippen LogP contribution in [0.2, 0.25) is 5.02 Å². The minimum Gasteiger partial charge on any atom is -0.394 e. The second-order valence-electron chi connectivity index (χ2n) is 8.76. The van der Waals surface area contributed by atoms with Crippen LogP contribution in [0.25, 0.3) is 11.3 Å². The van der Waals surface area contributed by atoms with E-state index >= 15 is 0 Å². The van der Waals surface area contributed by atoms with E-state index in [1.54, 1.807) is 4.57 Å². The largest absolute Gasteiger partial charge is 0.394 e. The second-order valence-corrected chi connectivity index (χ2v) is 9.86. The van der Waals surface area contributed by atoms with Gasteiger partial charge in [0.1, 0.15) is 6.10 Å². The summed E-state index contributed by atoms with van der Waals surface area (Å²) in [6.45, 7) is 3.41. The van der Waals surface area contributed by atoms with Crippen LogP contribution in [0.4, 0.5) is 5.95 Å². The van der Waals surface area contributed by atoms with Crippen molar-refractivity contribution in [3.8, 4) is 11.3 Å². The fourth-order valence-corrected chi connectivity index (χ4v) is 5.33. The number of imidazole rings is 1. The molecular formula is C25H33ClN3O3S+. The summed E-state index contributed by atoms with van der Waals surface area (Å²) in [5.74, 6) is 0.793. The number of halogens is 1. The lowest BCUT2D eigenvalue weighted by Gasteiger charge is -2.39. The van der Waals surface area contributed by atoms with Gasteiger partial charge < -0.3 is 14.7 Å². The zero-order valence-corrected chi connectivity index (χ0v) is 20.8. The van der Waals surface area contributed by atoms with Crippen LogP contribution < -0.4 is 4.90 Å². The lowest BCUT2D eigenvalue weighted by Crippen LogP contribution is -2.47. The molecular weight excluding hydrogens is 458 g/mol. The first-order valence-corrected chi connectivity index (χ1v) is 12.8. The van der Waals surface area contributed by atoms with E-state index in [1.165, 1.54) is 5.57 Å². The molecule has 1 aliphatic heterocycles. The highest BCUT2D eigenvalue weighted by Gasteiger charge is 2.38. The second kappa shape index (κ2) is 11.1. The Morgan fingerprint density at radius 2 is 2.06 bits per heavy atom. The van der Waals surface area contributed by atoms with Crippen molar-refractivity contribution >= 4 is 36.1 Å². The summed E-state index contributed by atoms with van der Waals surface area (Å²) in [7, 11) is 0. The van der Waals surface area contributed by atoms with E-state index in [9.17, 15) is 4.79 Å². The molecule has 1 N–H and O–H groups in total. The number of hydrogen-bond acceptors (Lipinski definition) is 5. The fourth-order valence-electron chi connectivity index (χ4n) is 4.73. The normalized spacial score (nSPS) is 22.9. The summed E-state index contributed by atoms with van der Waals surface area (Å²) in [5, 5.41) is 9.81. The van der Waals surface area contributed by atoms with Crippen LogP contribution in [-0.2, 0) is 17.4 Å². The molecule has 0 amide bonds. The van der Waals surface area contributed by atoms with Crippen LogP contribution in [0, 0.1) is 0 Å². The van der Waals surface area contributed by atoms with Gasteiger partial charge >= 0.3 is 0 Å². The number of unbranched alkanes of at least 4 members (excludes halogenated alkanes) is 2. The molecule has 0 fully saturated rings. The third kappa shape index (κ3) is 5.48. The van der Waals surface area contributed by atoms with Crippen molar-refractivity contribution in [1.29, 1.82) is 0 Å². The van der Waals surface area contributed by atoms with E-state index in [0.29, 0.717) is 18.1 Å². The van der Waals surface area contributed by atoms with Crippen LogP contribution in [-0.4, -0.2) is 57.7 Å². The summed E-state index contributed by atoms with van der Waals surface area (Å²) in [4.78, 5) is 20.4. The number of hydrogen-bond donors (Lipinski definition) is 1. The molecule has 0 bridgehead atoms. The van der Waals surface area contributed by atoms with Crippen molar-refractivity contribution in [2.75, 3.05) is 24.7 Å². The highest BCUT2D eigenvalue weighted by atomic mass is 35.5. The number of anilines is 1. The quantitative estimate of drug-likeness (QED) is 0.326. The first kappa shape index (κ1) is 24.3. The number of fused-ring (bicyclic) bond motifs is 1. The lowest BCUT2D eigenvalue weighted by molar-refractivity contribution is 0.0262. The van der Waals surface area contributed by atoms with Crippen LogP contribution in [0.1, 0.15) is 50.2 Å². The van der Waals surface area contributed by atoms with Gasteiger partial charge in [0, 0.05) is 23.3 Å². The van der Waals surface area contributed by atoms with Crippen molar-refractivity contribution in [2.24, 2.45) is 0 Å². The molecule has 4 rings (SSSR count). The van der Waals surface area contributed by atoms with Gasteiger partial charge in [0.05, 0.1) is 31.4 Å². The smallest absolute Gasteiger partial charge is 0.235 e. The molecule has 2 heterocycles. The zero-order valence-electron chi connectivity index (χ0n) is 19.0. The molecule has 0 radical (unpaired) electrons. The minimum atomic E-state index is -0.0000317. The average molecular weight is 491 g/mol. The topological polar surface area (TPSA) is 67.6 Å². The Labute approximate surface area is 206 Å². The van der Waals surface area contributed by atoms with Gasteiger partial charge in [0.25, 0.3) is 0 Å². The predicted octanol–water partition coefficient (Wildman–Crippen LogP) is 4.09. The van der Waals surface area contributed by atoms with Gasteiger partial charge in [-0.15, -0.1) is 0 Å². The molecule has 1 aromatic carbocycles. The monoisotopic (exact) mass is 490 g/mol. The SMILES string of the molecule is CCCCCN1c2nc(-c3ccc(Cl)cc3)cn2C(=O)CC1C1=CC([SH2+])C(OCCO)CC1. The molecule has 178 valence electrons. The predicted molar refractivity (Wildman–Crippen MR) is 137 cm³/mol. The number of nitrogens with zero attached hydrogens (tertiary/aromatic N) is 3. The van der Waals surface area contributed by atoms with Crippen LogP contribution in [0.3, 0.4) is 0 Å². The molecule has 0 saturated heterocycles. The minimum absolute atomic E-state index is 0.0000317. The van der Waals surface area contributed by atoms with Crippen molar-refractivity contribution in [1.82, 2.24) is 9.55 Å². The van der Waals surface area contributed by atoms with E-state index in [2.05, 4.69) is 30.5 Å². The van der Waals surface area contributed by atoms with Crippen LogP contribution in [0.15, 0.2) is 42.1 Å². The van der Waals surface area contributed by atoms with Crippen LogP contribution >= 0.6 is 11.6 Å². The number of carbonyl (C=O) groups excluding carboxylic acids is 1. The first-order valence-electron chi connectivity index (χ1n) is 11.8. The fraction of sp³-hybridized carbons (Fsp3) is 0.520.